The minimum atomic E-state index is -1.65. The molecule has 3 rings (SSSR count). The molecule has 1 unspecified atom stereocenters. The number of nitrogens with zero attached hydrogens (tertiary/aromatic N) is 2. The number of carbonyl (C=O) groups is 2. The van der Waals surface area contributed by atoms with E-state index in [1.54, 1.807) is 23.2 Å². The standard InChI is InChI=1S/C21H25N3O3/c1-4-6-14-24-18-17(8-7-13-22-18)27-21(3,20(24)26)19(25)23-16-11-9-15(5-2)10-12-16/h7-13H,4-6,14H2,1-3H3,(H,23,25). The molecule has 1 aliphatic heterocycles. The normalized spacial score (nSPS) is 18.6. The van der Waals surface area contributed by atoms with Gasteiger partial charge in [0, 0.05) is 18.4 Å². The first-order valence-corrected chi connectivity index (χ1v) is 9.36. The van der Waals surface area contributed by atoms with Crippen molar-refractivity contribution in [3.8, 4) is 5.75 Å². The molecule has 6 nitrogen and oxygen atoms in total. The fourth-order valence-corrected chi connectivity index (χ4v) is 3.02. The number of ether oxygens (including phenoxy) is 1. The number of anilines is 2. The average molecular weight is 367 g/mol. The van der Waals surface area contributed by atoms with E-state index in [0.29, 0.717) is 23.8 Å². The van der Waals surface area contributed by atoms with Crippen LogP contribution in [0.25, 0.3) is 0 Å². The number of hydrogen-bond acceptors (Lipinski definition) is 4. The summed E-state index contributed by atoms with van der Waals surface area (Å²) in [5, 5.41) is 2.81. The lowest BCUT2D eigenvalue weighted by Crippen LogP contribution is -2.61. The van der Waals surface area contributed by atoms with Crippen molar-refractivity contribution < 1.29 is 14.3 Å². The van der Waals surface area contributed by atoms with E-state index in [-0.39, 0.29) is 0 Å². The topological polar surface area (TPSA) is 71.5 Å². The monoisotopic (exact) mass is 367 g/mol. The smallest absolute Gasteiger partial charge is 0.282 e. The summed E-state index contributed by atoms with van der Waals surface area (Å²) in [5.74, 6) is 0.0123. The number of amides is 2. The number of unbranched alkanes of at least 4 members (excludes halogenated alkanes) is 1. The average Bonchev–Trinajstić information content (AvgIpc) is 2.69. The summed E-state index contributed by atoms with van der Waals surface area (Å²) in [4.78, 5) is 32.0. The van der Waals surface area contributed by atoms with E-state index < -0.39 is 17.4 Å². The number of aromatic nitrogens is 1. The molecular weight excluding hydrogens is 342 g/mol. The van der Waals surface area contributed by atoms with Gasteiger partial charge in [-0.2, -0.15) is 0 Å². The zero-order valence-electron chi connectivity index (χ0n) is 16.0. The predicted octanol–water partition coefficient (Wildman–Crippen LogP) is 3.57. The molecular formula is C21H25N3O3. The van der Waals surface area contributed by atoms with Crippen LogP contribution in [-0.2, 0) is 16.0 Å². The molecule has 2 heterocycles. The Balaban J connectivity index is 1.88. The number of fused-ring (bicyclic) bond motifs is 1. The maximum absolute atomic E-state index is 13.1. The van der Waals surface area contributed by atoms with Gasteiger partial charge in [-0.1, -0.05) is 32.4 Å². The van der Waals surface area contributed by atoms with E-state index in [2.05, 4.69) is 24.1 Å². The molecule has 0 saturated carbocycles. The Bertz CT molecular complexity index is 835. The lowest BCUT2D eigenvalue weighted by molar-refractivity contribution is -0.145. The number of rotatable bonds is 6. The summed E-state index contributed by atoms with van der Waals surface area (Å²) in [7, 11) is 0. The van der Waals surface area contributed by atoms with Crippen LogP contribution in [-0.4, -0.2) is 28.9 Å². The fourth-order valence-electron chi connectivity index (χ4n) is 3.02. The Morgan fingerprint density at radius 3 is 2.63 bits per heavy atom. The predicted molar refractivity (Wildman–Crippen MR) is 105 cm³/mol. The highest BCUT2D eigenvalue weighted by molar-refractivity contribution is 6.19. The van der Waals surface area contributed by atoms with Crippen molar-refractivity contribution in [1.82, 2.24) is 4.98 Å². The number of nitrogens with one attached hydrogen (secondary N) is 1. The van der Waals surface area contributed by atoms with Crippen LogP contribution in [0, 0.1) is 0 Å². The molecule has 0 fully saturated rings. The van der Waals surface area contributed by atoms with E-state index in [9.17, 15) is 9.59 Å². The highest BCUT2D eigenvalue weighted by atomic mass is 16.5. The van der Waals surface area contributed by atoms with Gasteiger partial charge in [-0.05, 0) is 49.6 Å². The van der Waals surface area contributed by atoms with Gasteiger partial charge in [0.15, 0.2) is 11.6 Å². The lowest BCUT2D eigenvalue weighted by atomic mass is 10.0. The summed E-state index contributed by atoms with van der Waals surface area (Å²) < 4.78 is 5.86. The van der Waals surface area contributed by atoms with E-state index in [1.165, 1.54) is 12.5 Å². The van der Waals surface area contributed by atoms with Crippen molar-refractivity contribution in [2.45, 2.75) is 45.6 Å². The van der Waals surface area contributed by atoms with Gasteiger partial charge < -0.3 is 10.1 Å². The number of pyridine rings is 1. The van der Waals surface area contributed by atoms with Crippen LogP contribution in [0.5, 0.6) is 5.75 Å². The molecule has 1 atom stereocenters. The van der Waals surface area contributed by atoms with Crippen molar-refractivity contribution in [3.05, 3.63) is 48.2 Å². The second-order valence-electron chi connectivity index (χ2n) is 6.78. The minimum absolute atomic E-state index is 0.398. The van der Waals surface area contributed by atoms with Gasteiger partial charge in [0.2, 0.25) is 0 Å². The number of aryl methyl sites for hydroxylation is 1. The van der Waals surface area contributed by atoms with Crippen molar-refractivity contribution in [3.63, 3.8) is 0 Å². The highest BCUT2D eigenvalue weighted by Crippen LogP contribution is 2.36. The zero-order valence-corrected chi connectivity index (χ0v) is 16.0. The molecule has 0 radical (unpaired) electrons. The lowest BCUT2D eigenvalue weighted by Gasteiger charge is -2.38. The van der Waals surface area contributed by atoms with Gasteiger partial charge in [0.05, 0.1) is 0 Å². The third-order valence-corrected chi connectivity index (χ3v) is 4.76. The van der Waals surface area contributed by atoms with Crippen LogP contribution in [0.15, 0.2) is 42.6 Å². The largest absolute Gasteiger partial charge is 0.464 e. The zero-order chi connectivity index (χ0) is 19.4. The molecule has 142 valence electrons. The highest BCUT2D eigenvalue weighted by Gasteiger charge is 2.51. The van der Waals surface area contributed by atoms with Crippen molar-refractivity contribution in [2.24, 2.45) is 0 Å². The van der Waals surface area contributed by atoms with Crippen LogP contribution < -0.4 is 15.0 Å². The van der Waals surface area contributed by atoms with Gasteiger partial charge in [0.1, 0.15) is 0 Å². The first-order valence-electron chi connectivity index (χ1n) is 9.36. The second kappa shape index (κ2) is 7.78. The van der Waals surface area contributed by atoms with Crippen LogP contribution in [0.3, 0.4) is 0 Å². The SMILES string of the molecule is CCCCN1C(=O)C(C)(C(=O)Nc2ccc(CC)cc2)Oc2cccnc21. The van der Waals surface area contributed by atoms with Crippen LogP contribution >= 0.6 is 0 Å². The van der Waals surface area contributed by atoms with Crippen molar-refractivity contribution in [2.75, 3.05) is 16.8 Å². The number of benzene rings is 1. The Hall–Kier alpha value is -2.89. The Morgan fingerprint density at radius 1 is 1.22 bits per heavy atom. The Kier molecular flexibility index (Phi) is 5.44. The molecule has 1 aliphatic rings. The Morgan fingerprint density at radius 2 is 1.96 bits per heavy atom. The quantitative estimate of drug-likeness (QED) is 0.793. The summed E-state index contributed by atoms with van der Waals surface area (Å²) in [5.41, 5.74) is 0.162. The molecule has 2 amide bonds. The molecule has 0 spiro atoms. The maximum atomic E-state index is 13.1. The van der Waals surface area contributed by atoms with Crippen molar-refractivity contribution >= 4 is 23.3 Å². The first-order chi connectivity index (χ1) is 13.0. The second-order valence-corrected chi connectivity index (χ2v) is 6.78. The van der Waals surface area contributed by atoms with Gasteiger partial charge in [-0.3, -0.25) is 14.5 Å². The molecule has 27 heavy (non-hydrogen) atoms. The van der Waals surface area contributed by atoms with Gasteiger partial charge in [0.25, 0.3) is 17.4 Å². The Labute approximate surface area is 159 Å². The van der Waals surface area contributed by atoms with Crippen LogP contribution in [0.4, 0.5) is 11.5 Å². The molecule has 0 bridgehead atoms. The molecule has 1 aromatic heterocycles. The summed E-state index contributed by atoms with van der Waals surface area (Å²) >= 11 is 0. The number of carbonyl (C=O) groups excluding carboxylic acids is 2. The van der Waals surface area contributed by atoms with Gasteiger partial charge >= 0.3 is 0 Å². The minimum Gasteiger partial charge on any atom is -0.464 e. The molecule has 2 aromatic rings. The van der Waals surface area contributed by atoms with E-state index in [4.69, 9.17) is 4.74 Å². The first kappa shape index (κ1) is 18.9. The third kappa shape index (κ3) is 3.65. The molecule has 0 aliphatic carbocycles. The maximum Gasteiger partial charge on any atom is 0.282 e. The molecule has 6 heteroatoms. The summed E-state index contributed by atoms with van der Waals surface area (Å²) in [6.07, 6.45) is 4.29. The van der Waals surface area contributed by atoms with Crippen molar-refractivity contribution in [1.29, 1.82) is 0 Å². The fraction of sp³-hybridized carbons (Fsp3) is 0.381. The van der Waals surface area contributed by atoms with Crippen LogP contribution in [0.2, 0.25) is 0 Å². The summed E-state index contributed by atoms with van der Waals surface area (Å²) in [6.45, 7) is 6.13. The van der Waals surface area contributed by atoms with Gasteiger partial charge in [-0.15, -0.1) is 0 Å². The van der Waals surface area contributed by atoms with E-state index in [1.807, 2.05) is 24.3 Å². The molecule has 0 saturated heterocycles. The summed E-state index contributed by atoms with van der Waals surface area (Å²) in [6, 6.07) is 11.0. The molecule has 1 N–H and O–H groups in total. The molecule has 1 aromatic carbocycles. The van der Waals surface area contributed by atoms with E-state index >= 15 is 0 Å². The third-order valence-electron chi connectivity index (χ3n) is 4.76. The van der Waals surface area contributed by atoms with Crippen LogP contribution in [0.1, 0.15) is 39.2 Å². The van der Waals surface area contributed by atoms with E-state index in [0.717, 1.165) is 19.3 Å². The van der Waals surface area contributed by atoms with Gasteiger partial charge in [-0.25, -0.2) is 4.98 Å². The number of hydrogen-bond donors (Lipinski definition) is 1.